The molecule has 3 heterocycles. The van der Waals surface area contributed by atoms with E-state index in [-0.39, 0.29) is 12.2 Å². The largest absolute Gasteiger partial charge is 0.292 e. The molecule has 20 heavy (non-hydrogen) atoms. The first kappa shape index (κ1) is 12.5. The van der Waals surface area contributed by atoms with Gasteiger partial charge < -0.3 is 0 Å². The number of aromatic amines is 1. The van der Waals surface area contributed by atoms with E-state index in [1.54, 1.807) is 10.7 Å². The van der Waals surface area contributed by atoms with Crippen molar-refractivity contribution in [2.24, 2.45) is 0 Å². The fourth-order valence-electron chi connectivity index (χ4n) is 2.15. The molecule has 0 saturated carbocycles. The summed E-state index contributed by atoms with van der Waals surface area (Å²) in [6.07, 6.45) is 3.82. The number of Topliss-reactive ketones (excluding diaryl/α,β-unsaturated/α-hetero) is 1. The molecule has 3 aromatic rings. The van der Waals surface area contributed by atoms with Gasteiger partial charge >= 0.3 is 0 Å². The van der Waals surface area contributed by atoms with Crippen molar-refractivity contribution in [3.63, 3.8) is 0 Å². The summed E-state index contributed by atoms with van der Waals surface area (Å²) in [6, 6.07) is 1.90. The second-order valence-corrected chi connectivity index (χ2v) is 4.97. The van der Waals surface area contributed by atoms with Crippen LogP contribution in [0.25, 0.3) is 5.65 Å². The van der Waals surface area contributed by atoms with Crippen LogP contribution in [0.15, 0.2) is 18.5 Å². The Kier molecular flexibility index (Phi) is 2.85. The van der Waals surface area contributed by atoms with E-state index in [0.717, 1.165) is 28.2 Å². The fourth-order valence-corrected chi connectivity index (χ4v) is 2.15. The van der Waals surface area contributed by atoms with E-state index < -0.39 is 0 Å². The average molecular weight is 269 g/mol. The van der Waals surface area contributed by atoms with Crippen molar-refractivity contribution >= 4 is 11.4 Å². The number of aromatic nitrogens is 5. The summed E-state index contributed by atoms with van der Waals surface area (Å²) in [6.45, 7) is 5.71. The normalized spacial score (nSPS) is 11.2. The van der Waals surface area contributed by atoms with Crippen LogP contribution in [0.4, 0.5) is 0 Å². The van der Waals surface area contributed by atoms with Gasteiger partial charge in [0.2, 0.25) is 0 Å². The molecular formula is C14H15N5O. The van der Waals surface area contributed by atoms with Gasteiger partial charge in [-0.3, -0.25) is 9.89 Å². The maximum atomic E-state index is 12.2. The average Bonchev–Trinajstić information content (AvgIpc) is 2.92. The third-order valence-corrected chi connectivity index (χ3v) is 3.37. The molecule has 0 radical (unpaired) electrons. The summed E-state index contributed by atoms with van der Waals surface area (Å²) in [5, 5.41) is 11.2. The van der Waals surface area contributed by atoms with Crippen molar-refractivity contribution in [2.75, 3.05) is 0 Å². The molecule has 3 aromatic heterocycles. The number of hydrogen-bond donors (Lipinski definition) is 1. The lowest BCUT2D eigenvalue weighted by Gasteiger charge is -2.00. The van der Waals surface area contributed by atoms with Crippen molar-refractivity contribution in [3.05, 3.63) is 46.7 Å². The van der Waals surface area contributed by atoms with Gasteiger partial charge in [0.05, 0.1) is 5.69 Å². The van der Waals surface area contributed by atoms with Crippen molar-refractivity contribution < 1.29 is 4.79 Å². The van der Waals surface area contributed by atoms with Crippen LogP contribution in [0, 0.1) is 20.8 Å². The second kappa shape index (κ2) is 4.56. The van der Waals surface area contributed by atoms with Crippen LogP contribution in [-0.4, -0.2) is 30.6 Å². The Bertz CT molecular complexity index is 799. The molecule has 0 aliphatic carbocycles. The van der Waals surface area contributed by atoms with E-state index >= 15 is 0 Å². The number of H-pyrrole nitrogens is 1. The molecule has 0 bridgehead atoms. The Morgan fingerprint density at radius 1 is 1.35 bits per heavy atom. The van der Waals surface area contributed by atoms with E-state index in [9.17, 15) is 4.79 Å². The summed E-state index contributed by atoms with van der Waals surface area (Å²) in [5.74, 6) is -0.0168. The first-order valence-corrected chi connectivity index (χ1v) is 6.40. The molecule has 0 fully saturated rings. The Hall–Kier alpha value is -2.50. The molecule has 6 heteroatoms. The van der Waals surface area contributed by atoms with Gasteiger partial charge in [0.1, 0.15) is 5.69 Å². The van der Waals surface area contributed by atoms with Crippen molar-refractivity contribution in [1.29, 1.82) is 0 Å². The van der Waals surface area contributed by atoms with Crippen LogP contribution < -0.4 is 0 Å². The lowest BCUT2D eigenvalue weighted by atomic mass is 10.1. The second-order valence-electron chi connectivity index (χ2n) is 4.97. The molecule has 6 nitrogen and oxygen atoms in total. The molecule has 0 unspecified atom stereocenters. The number of carbonyl (C=O) groups excluding carboxylic acids is 1. The van der Waals surface area contributed by atoms with Crippen LogP contribution in [0.3, 0.4) is 0 Å². The number of nitrogens with one attached hydrogen (secondary N) is 1. The van der Waals surface area contributed by atoms with Crippen molar-refractivity contribution in [1.82, 2.24) is 24.8 Å². The molecule has 0 aromatic carbocycles. The zero-order valence-corrected chi connectivity index (χ0v) is 11.6. The van der Waals surface area contributed by atoms with Crippen molar-refractivity contribution in [2.45, 2.75) is 27.2 Å². The topological polar surface area (TPSA) is 75.9 Å². The zero-order valence-electron chi connectivity index (χ0n) is 11.6. The van der Waals surface area contributed by atoms with E-state index in [1.807, 2.05) is 33.0 Å². The summed E-state index contributed by atoms with van der Waals surface area (Å²) >= 11 is 0. The minimum atomic E-state index is -0.0168. The quantitative estimate of drug-likeness (QED) is 0.736. The SMILES string of the molecule is Cc1cc2ncc(CC(=O)c3n[nH]c(C)c3C)cn2n1. The van der Waals surface area contributed by atoms with Crippen molar-refractivity contribution in [3.8, 4) is 0 Å². The Morgan fingerprint density at radius 3 is 2.85 bits per heavy atom. The molecule has 0 atom stereocenters. The lowest BCUT2D eigenvalue weighted by molar-refractivity contribution is 0.0987. The monoisotopic (exact) mass is 269 g/mol. The van der Waals surface area contributed by atoms with Crippen LogP contribution in [0.2, 0.25) is 0 Å². The maximum Gasteiger partial charge on any atom is 0.187 e. The molecule has 0 spiro atoms. The van der Waals surface area contributed by atoms with Gasteiger partial charge in [-0.1, -0.05) is 0 Å². The number of hydrogen-bond acceptors (Lipinski definition) is 4. The van der Waals surface area contributed by atoms with Crippen LogP contribution in [0.5, 0.6) is 0 Å². The Labute approximate surface area is 115 Å². The third-order valence-electron chi connectivity index (χ3n) is 3.37. The number of aryl methyl sites for hydroxylation is 2. The molecular weight excluding hydrogens is 254 g/mol. The van der Waals surface area contributed by atoms with Gasteiger partial charge in [-0.15, -0.1) is 0 Å². The number of fused-ring (bicyclic) bond motifs is 1. The number of nitrogens with zero attached hydrogens (tertiary/aromatic N) is 4. The highest BCUT2D eigenvalue weighted by Gasteiger charge is 2.15. The summed E-state index contributed by atoms with van der Waals surface area (Å²) in [7, 11) is 0. The molecule has 0 amide bonds. The van der Waals surface area contributed by atoms with Crippen LogP contribution in [-0.2, 0) is 6.42 Å². The predicted octanol–water partition coefficient (Wildman–Crippen LogP) is 1.80. The summed E-state index contributed by atoms with van der Waals surface area (Å²) in [5.41, 5.74) is 4.83. The Morgan fingerprint density at radius 2 is 2.15 bits per heavy atom. The molecule has 102 valence electrons. The number of ketones is 1. The van der Waals surface area contributed by atoms with Gasteiger partial charge in [-0.25, -0.2) is 9.50 Å². The van der Waals surface area contributed by atoms with E-state index in [1.165, 1.54) is 0 Å². The van der Waals surface area contributed by atoms with E-state index in [2.05, 4.69) is 20.3 Å². The fraction of sp³-hybridized carbons (Fsp3) is 0.286. The number of rotatable bonds is 3. The molecule has 3 rings (SSSR count). The first-order chi connectivity index (χ1) is 9.54. The summed E-state index contributed by atoms with van der Waals surface area (Å²) < 4.78 is 1.70. The molecule has 0 aliphatic rings. The Balaban J connectivity index is 1.88. The molecule has 1 N–H and O–H groups in total. The van der Waals surface area contributed by atoms with E-state index in [0.29, 0.717) is 5.69 Å². The van der Waals surface area contributed by atoms with Gasteiger partial charge in [0.15, 0.2) is 11.4 Å². The smallest absolute Gasteiger partial charge is 0.187 e. The van der Waals surface area contributed by atoms with Crippen LogP contribution >= 0.6 is 0 Å². The highest BCUT2D eigenvalue weighted by Crippen LogP contribution is 2.12. The minimum Gasteiger partial charge on any atom is -0.292 e. The third kappa shape index (κ3) is 2.09. The maximum absolute atomic E-state index is 12.2. The standard InChI is InChI=1S/C14H15N5O/c1-8-4-13-15-6-11(7-19(13)18-8)5-12(20)14-9(2)10(3)16-17-14/h4,6-7H,5H2,1-3H3,(H,16,17). The molecule has 0 aliphatic heterocycles. The highest BCUT2D eigenvalue weighted by molar-refractivity contribution is 5.97. The van der Waals surface area contributed by atoms with Crippen LogP contribution in [0.1, 0.15) is 33.0 Å². The van der Waals surface area contributed by atoms with Gasteiger partial charge in [0.25, 0.3) is 0 Å². The predicted molar refractivity (Wildman–Crippen MR) is 73.8 cm³/mol. The zero-order chi connectivity index (χ0) is 14.3. The minimum absolute atomic E-state index is 0.0168. The lowest BCUT2D eigenvalue weighted by Crippen LogP contribution is -2.07. The highest BCUT2D eigenvalue weighted by atomic mass is 16.1. The summed E-state index contributed by atoms with van der Waals surface area (Å²) in [4.78, 5) is 16.5. The number of carbonyl (C=O) groups is 1. The van der Waals surface area contributed by atoms with Gasteiger partial charge in [0, 0.05) is 36.1 Å². The van der Waals surface area contributed by atoms with Gasteiger partial charge in [-0.05, 0) is 26.3 Å². The first-order valence-electron chi connectivity index (χ1n) is 6.40. The van der Waals surface area contributed by atoms with E-state index in [4.69, 9.17) is 0 Å². The molecule has 0 saturated heterocycles. The van der Waals surface area contributed by atoms with Gasteiger partial charge in [-0.2, -0.15) is 10.2 Å².